The molecule has 3 N–H and O–H groups in total. The van der Waals surface area contributed by atoms with Crippen LogP contribution in [0.4, 0.5) is 0 Å². The minimum Gasteiger partial charge on any atom is -0.481 e. The SMILES string of the molecule is CC1CCCC(N)(C(=O)N2CCN(CCC(=O)O)CC2)C1. The number of hydrogen-bond donors (Lipinski definition) is 2. The summed E-state index contributed by atoms with van der Waals surface area (Å²) in [5.74, 6) is -0.165. The van der Waals surface area contributed by atoms with Crippen LogP contribution in [0, 0.1) is 5.92 Å². The van der Waals surface area contributed by atoms with Crippen molar-refractivity contribution in [2.24, 2.45) is 11.7 Å². The molecule has 0 spiro atoms. The molecule has 1 saturated carbocycles. The molecule has 0 aromatic heterocycles. The third-order valence-electron chi connectivity index (χ3n) is 4.76. The molecule has 6 nitrogen and oxygen atoms in total. The predicted molar refractivity (Wildman–Crippen MR) is 79.8 cm³/mol. The van der Waals surface area contributed by atoms with Crippen LogP contribution in [0.15, 0.2) is 0 Å². The van der Waals surface area contributed by atoms with Gasteiger partial charge in [-0.1, -0.05) is 19.8 Å². The van der Waals surface area contributed by atoms with E-state index in [1.165, 1.54) is 0 Å². The number of carbonyl (C=O) groups excluding carboxylic acids is 1. The minimum absolute atomic E-state index is 0.0898. The highest BCUT2D eigenvalue weighted by Crippen LogP contribution is 2.32. The number of carboxylic acid groups (broad SMARTS) is 1. The van der Waals surface area contributed by atoms with Crippen LogP contribution in [0.2, 0.25) is 0 Å². The molecule has 2 unspecified atom stereocenters. The second-order valence-corrected chi connectivity index (χ2v) is 6.64. The van der Waals surface area contributed by atoms with Crippen molar-refractivity contribution in [2.75, 3.05) is 32.7 Å². The van der Waals surface area contributed by atoms with E-state index < -0.39 is 11.5 Å². The van der Waals surface area contributed by atoms with Gasteiger partial charge in [-0.3, -0.25) is 14.5 Å². The number of amides is 1. The second-order valence-electron chi connectivity index (χ2n) is 6.64. The largest absolute Gasteiger partial charge is 0.481 e. The van der Waals surface area contributed by atoms with Gasteiger partial charge in [-0.05, 0) is 18.8 Å². The fourth-order valence-electron chi connectivity index (χ4n) is 3.53. The first-order valence-electron chi connectivity index (χ1n) is 7.93. The molecule has 120 valence electrons. The Labute approximate surface area is 126 Å². The van der Waals surface area contributed by atoms with Crippen molar-refractivity contribution < 1.29 is 14.7 Å². The number of aliphatic carboxylic acids is 1. The number of piperazine rings is 1. The molecule has 2 atom stereocenters. The molecule has 2 rings (SSSR count). The van der Waals surface area contributed by atoms with Crippen LogP contribution in [0.25, 0.3) is 0 Å². The standard InChI is InChI=1S/C15H27N3O3/c1-12-3-2-5-15(16,11-12)14(21)18-9-7-17(8-10-18)6-4-13(19)20/h12H,2-11,16H2,1H3,(H,19,20). The average molecular weight is 297 g/mol. The number of carboxylic acids is 1. The first-order chi connectivity index (χ1) is 9.90. The molecule has 1 amide bonds. The smallest absolute Gasteiger partial charge is 0.304 e. The Hall–Kier alpha value is -1.14. The molecule has 2 aliphatic rings. The van der Waals surface area contributed by atoms with Crippen LogP contribution in [-0.2, 0) is 9.59 Å². The Morgan fingerprint density at radius 1 is 1.29 bits per heavy atom. The lowest BCUT2D eigenvalue weighted by molar-refractivity contribution is -0.141. The van der Waals surface area contributed by atoms with Crippen LogP contribution in [0.1, 0.15) is 39.0 Å². The molecule has 6 heteroatoms. The van der Waals surface area contributed by atoms with E-state index in [2.05, 4.69) is 11.8 Å². The van der Waals surface area contributed by atoms with Crippen molar-refractivity contribution in [1.82, 2.24) is 9.80 Å². The Balaban J connectivity index is 1.84. The summed E-state index contributed by atoms with van der Waals surface area (Å²) in [6.45, 7) is 5.52. The molecule has 1 aliphatic heterocycles. The fourth-order valence-corrected chi connectivity index (χ4v) is 3.53. The lowest BCUT2D eigenvalue weighted by Crippen LogP contribution is -2.60. The quantitative estimate of drug-likeness (QED) is 0.789. The van der Waals surface area contributed by atoms with Gasteiger partial charge in [-0.25, -0.2) is 0 Å². The van der Waals surface area contributed by atoms with E-state index in [0.717, 1.165) is 38.8 Å². The topological polar surface area (TPSA) is 86.9 Å². The summed E-state index contributed by atoms with van der Waals surface area (Å²) in [5, 5.41) is 8.71. The minimum atomic E-state index is -0.773. The summed E-state index contributed by atoms with van der Waals surface area (Å²) in [7, 11) is 0. The third-order valence-corrected chi connectivity index (χ3v) is 4.76. The van der Waals surface area contributed by atoms with Gasteiger partial charge in [0.1, 0.15) is 0 Å². The van der Waals surface area contributed by atoms with E-state index in [9.17, 15) is 9.59 Å². The monoisotopic (exact) mass is 297 g/mol. The first kappa shape index (κ1) is 16.2. The van der Waals surface area contributed by atoms with E-state index in [0.29, 0.717) is 25.6 Å². The van der Waals surface area contributed by atoms with Crippen LogP contribution < -0.4 is 5.73 Å². The first-order valence-corrected chi connectivity index (χ1v) is 7.93. The Morgan fingerprint density at radius 3 is 2.52 bits per heavy atom. The van der Waals surface area contributed by atoms with Crippen molar-refractivity contribution in [3.8, 4) is 0 Å². The van der Waals surface area contributed by atoms with Crippen molar-refractivity contribution in [2.45, 2.75) is 44.6 Å². The summed E-state index contributed by atoms with van der Waals surface area (Å²) < 4.78 is 0. The summed E-state index contributed by atoms with van der Waals surface area (Å²) in [4.78, 5) is 27.2. The Kier molecular flexibility index (Phi) is 5.22. The zero-order valence-corrected chi connectivity index (χ0v) is 12.9. The Morgan fingerprint density at radius 2 is 1.95 bits per heavy atom. The molecule has 0 radical (unpaired) electrons. The second kappa shape index (κ2) is 6.75. The van der Waals surface area contributed by atoms with Gasteiger partial charge in [-0.15, -0.1) is 0 Å². The van der Waals surface area contributed by atoms with E-state index in [1.807, 2.05) is 4.90 Å². The van der Waals surface area contributed by atoms with Gasteiger partial charge in [0.25, 0.3) is 0 Å². The summed E-state index contributed by atoms with van der Waals surface area (Å²) >= 11 is 0. The van der Waals surface area contributed by atoms with Crippen molar-refractivity contribution in [3.05, 3.63) is 0 Å². The maximum atomic E-state index is 12.7. The van der Waals surface area contributed by atoms with E-state index in [-0.39, 0.29) is 12.3 Å². The zero-order chi connectivity index (χ0) is 15.5. The van der Waals surface area contributed by atoms with E-state index in [4.69, 9.17) is 10.8 Å². The third kappa shape index (κ3) is 4.17. The van der Waals surface area contributed by atoms with Gasteiger partial charge in [0.2, 0.25) is 5.91 Å². The molecule has 0 aromatic carbocycles. The zero-order valence-electron chi connectivity index (χ0n) is 12.9. The number of nitrogens with zero attached hydrogens (tertiary/aromatic N) is 2. The molecule has 21 heavy (non-hydrogen) atoms. The molecular formula is C15H27N3O3. The highest BCUT2D eigenvalue weighted by atomic mass is 16.4. The normalized spacial score (nSPS) is 31.1. The lowest BCUT2D eigenvalue weighted by Gasteiger charge is -2.42. The molecule has 0 aromatic rings. The highest BCUT2D eigenvalue weighted by Gasteiger charge is 2.41. The maximum Gasteiger partial charge on any atom is 0.304 e. The maximum absolute atomic E-state index is 12.7. The van der Waals surface area contributed by atoms with E-state index in [1.54, 1.807) is 0 Å². The van der Waals surface area contributed by atoms with Crippen LogP contribution >= 0.6 is 0 Å². The van der Waals surface area contributed by atoms with Crippen molar-refractivity contribution in [3.63, 3.8) is 0 Å². The van der Waals surface area contributed by atoms with Gasteiger partial charge >= 0.3 is 5.97 Å². The van der Waals surface area contributed by atoms with Gasteiger partial charge in [0.05, 0.1) is 12.0 Å². The summed E-state index contributed by atoms with van der Waals surface area (Å²) in [6.07, 6.45) is 3.92. The van der Waals surface area contributed by atoms with Crippen LogP contribution in [0.3, 0.4) is 0 Å². The van der Waals surface area contributed by atoms with E-state index >= 15 is 0 Å². The average Bonchev–Trinajstić information content (AvgIpc) is 2.44. The highest BCUT2D eigenvalue weighted by molar-refractivity contribution is 5.86. The molecule has 1 heterocycles. The van der Waals surface area contributed by atoms with Crippen molar-refractivity contribution in [1.29, 1.82) is 0 Å². The molecule has 2 fully saturated rings. The predicted octanol–water partition coefficient (Wildman–Crippen LogP) is 0.513. The number of nitrogens with two attached hydrogens (primary N) is 1. The summed E-state index contributed by atoms with van der Waals surface area (Å²) in [5.41, 5.74) is 5.69. The molecular weight excluding hydrogens is 270 g/mol. The van der Waals surface area contributed by atoms with Gasteiger partial charge in [0, 0.05) is 32.7 Å². The summed E-state index contributed by atoms with van der Waals surface area (Å²) in [6, 6.07) is 0. The fraction of sp³-hybridized carbons (Fsp3) is 0.867. The molecule has 1 saturated heterocycles. The number of rotatable bonds is 4. The van der Waals surface area contributed by atoms with Gasteiger partial charge in [-0.2, -0.15) is 0 Å². The molecule has 1 aliphatic carbocycles. The molecule has 0 bridgehead atoms. The van der Waals surface area contributed by atoms with Crippen LogP contribution in [-0.4, -0.2) is 65.0 Å². The van der Waals surface area contributed by atoms with Crippen molar-refractivity contribution >= 4 is 11.9 Å². The van der Waals surface area contributed by atoms with Crippen LogP contribution in [0.5, 0.6) is 0 Å². The number of carbonyl (C=O) groups is 2. The lowest BCUT2D eigenvalue weighted by atomic mass is 9.76. The Bertz CT molecular complexity index is 394. The van der Waals surface area contributed by atoms with Gasteiger partial charge in [0.15, 0.2) is 0 Å². The van der Waals surface area contributed by atoms with Gasteiger partial charge < -0.3 is 15.7 Å². The number of hydrogen-bond acceptors (Lipinski definition) is 4.